The smallest absolute Gasteiger partial charge is 0.414 e. The quantitative estimate of drug-likeness (QED) is 0.380. The molecular formula is C22H26N2O4S. The largest absolute Gasteiger partial charge is 0.468 e. The Hall–Kier alpha value is -2.64. The van der Waals surface area contributed by atoms with Crippen LogP contribution in [0.25, 0.3) is 20.8 Å². The molecule has 0 N–H and O–H groups in total. The number of ether oxygens (including phenoxy) is 3. The summed E-state index contributed by atoms with van der Waals surface area (Å²) in [7, 11) is 0. The number of hydrogen-bond donors (Lipinski definition) is 0. The second-order valence-electron chi connectivity index (χ2n) is 7.27. The van der Waals surface area contributed by atoms with Crippen LogP contribution >= 0.6 is 11.3 Å². The topological polar surface area (TPSA) is 60.9 Å². The van der Waals surface area contributed by atoms with Crippen LogP contribution in [0.1, 0.15) is 31.8 Å². The molecule has 0 radical (unpaired) electrons. The van der Waals surface area contributed by atoms with Crippen LogP contribution < -0.4 is 9.64 Å². The van der Waals surface area contributed by atoms with Crippen LogP contribution in [0, 0.1) is 0 Å². The Morgan fingerprint density at radius 2 is 1.97 bits per heavy atom. The summed E-state index contributed by atoms with van der Waals surface area (Å²) < 4.78 is 40.3. The molecule has 0 saturated carbocycles. The minimum Gasteiger partial charge on any atom is -0.468 e. The number of hydrogen-bond acceptors (Lipinski definition) is 6. The van der Waals surface area contributed by atoms with Crippen LogP contribution in [0.3, 0.4) is 0 Å². The van der Waals surface area contributed by atoms with Gasteiger partial charge in [0.1, 0.15) is 16.4 Å². The fraction of sp³-hybridized carbons (Fsp3) is 0.364. The summed E-state index contributed by atoms with van der Waals surface area (Å²) in [5, 5.41) is 0.770. The maximum absolute atomic E-state index is 12.5. The normalized spacial score (nSPS) is 13.4. The van der Waals surface area contributed by atoms with Gasteiger partial charge in [0, 0.05) is 28.9 Å². The maximum atomic E-state index is 12.5. The third-order valence-electron chi connectivity index (χ3n) is 3.82. The van der Waals surface area contributed by atoms with E-state index < -0.39 is 18.7 Å². The van der Waals surface area contributed by atoms with E-state index >= 15 is 0 Å². The van der Waals surface area contributed by atoms with E-state index in [0.29, 0.717) is 17.3 Å². The van der Waals surface area contributed by atoms with E-state index in [1.54, 1.807) is 45.0 Å². The average Bonchev–Trinajstić information content (AvgIpc) is 3.09. The van der Waals surface area contributed by atoms with E-state index in [0.717, 1.165) is 20.8 Å². The Kier molecular flexibility index (Phi) is 5.23. The number of benzene rings is 2. The van der Waals surface area contributed by atoms with Crippen molar-refractivity contribution in [1.29, 1.82) is 0 Å². The zero-order valence-electron chi connectivity index (χ0n) is 19.9. The van der Waals surface area contributed by atoms with Gasteiger partial charge < -0.3 is 14.2 Å². The molecule has 154 valence electrons. The number of aromatic nitrogens is 1. The van der Waals surface area contributed by atoms with Gasteiger partial charge in [-0.15, -0.1) is 11.3 Å². The third kappa shape index (κ3) is 5.46. The fourth-order valence-corrected chi connectivity index (χ4v) is 3.48. The van der Waals surface area contributed by atoms with Gasteiger partial charge in [-0.3, -0.25) is 4.90 Å². The highest BCUT2D eigenvalue weighted by Crippen LogP contribution is 2.33. The number of fused-ring (bicyclic) bond motifs is 1. The Morgan fingerprint density at radius 3 is 2.62 bits per heavy atom. The van der Waals surface area contributed by atoms with E-state index in [1.807, 2.05) is 25.1 Å². The van der Waals surface area contributed by atoms with Gasteiger partial charge in [-0.25, -0.2) is 9.78 Å². The Labute approximate surface area is 179 Å². The van der Waals surface area contributed by atoms with Crippen LogP contribution in [-0.2, 0) is 9.47 Å². The first-order valence-electron chi connectivity index (χ1n) is 10.7. The molecule has 29 heavy (non-hydrogen) atoms. The molecule has 2 aromatic carbocycles. The van der Waals surface area contributed by atoms with Gasteiger partial charge in [0.2, 0.25) is 0 Å². The number of thiazole rings is 1. The summed E-state index contributed by atoms with van der Waals surface area (Å²) in [6.45, 7) is 5.04. The Morgan fingerprint density at radius 1 is 1.21 bits per heavy atom. The Bertz CT molecular complexity index is 1080. The number of anilines is 1. The Balaban J connectivity index is 1.84. The summed E-state index contributed by atoms with van der Waals surface area (Å²) in [6, 6.07) is 12.3. The van der Waals surface area contributed by atoms with Crippen LogP contribution in [0.5, 0.6) is 5.75 Å². The van der Waals surface area contributed by atoms with Gasteiger partial charge in [0.15, 0.2) is 6.79 Å². The van der Waals surface area contributed by atoms with Gasteiger partial charge in [0.25, 0.3) is 0 Å². The van der Waals surface area contributed by atoms with Crippen molar-refractivity contribution in [3.8, 4) is 16.3 Å². The molecule has 1 aromatic heterocycles. The lowest BCUT2D eigenvalue weighted by Crippen LogP contribution is -2.34. The molecule has 0 atom stereocenters. The molecule has 0 bridgehead atoms. The molecule has 0 aliphatic rings. The molecule has 7 heteroatoms. The van der Waals surface area contributed by atoms with Crippen LogP contribution in [0.4, 0.5) is 10.5 Å². The highest BCUT2D eigenvalue weighted by Gasteiger charge is 2.20. The molecule has 0 fully saturated rings. The number of rotatable bonds is 6. The first-order valence-corrected chi connectivity index (χ1v) is 10.0. The van der Waals surface area contributed by atoms with Crippen LogP contribution in [0.15, 0.2) is 42.5 Å². The van der Waals surface area contributed by atoms with Crippen molar-refractivity contribution >= 4 is 33.3 Å². The van der Waals surface area contributed by atoms with E-state index in [4.69, 9.17) is 18.3 Å². The van der Waals surface area contributed by atoms with Crippen molar-refractivity contribution in [2.45, 2.75) is 33.3 Å². The zero-order valence-corrected chi connectivity index (χ0v) is 17.7. The molecule has 0 aliphatic carbocycles. The monoisotopic (exact) mass is 417 g/mol. The van der Waals surface area contributed by atoms with E-state index in [9.17, 15) is 4.79 Å². The number of carbonyl (C=O) groups excluding carboxylic acids is 1. The molecule has 0 saturated heterocycles. The predicted molar refractivity (Wildman–Crippen MR) is 117 cm³/mol. The summed E-state index contributed by atoms with van der Waals surface area (Å²) in [5.74, 6) is 0.696. The van der Waals surface area contributed by atoms with Gasteiger partial charge >= 0.3 is 6.09 Å². The maximum Gasteiger partial charge on any atom is 0.414 e. The van der Waals surface area contributed by atoms with Gasteiger partial charge in [-0.05, 0) is 70.2 Å². The van der Waals surface area contributed by atoms with Crippen molar-refractivity contribution in [1.82, 2.24) is 4.98 Å². The number of amides is 1. The molecule has 1 amide bonds. The van der Waals surface area contributed by atoms with Crippen LogP contribution in [-0.4, -0.2) is 37.1 Å². The molecule has 3 aromatic rings. The SMILES string of the molecule is [2H]C([2H])([2H])N(C(=O)OC(C)(C)C)c1ccc(-c2nc3ccc(OCOCC)cc3s2)cc1. The predicted octanol–water partition coefficient (Wildman–Crippen LogP) is 5.71. The second-order valence-corrected chi connectivity index (χ2v) is 8.30. The summed E-state index contributed by atoms with van der Waals surface area (Å²) in [4.78, 5) is 17.8. The molecule has 3 rings (SSSR count). The third-order valence-corrected chi connectivity index (χ3v) is 4.89. The fourth-order valence-electron chi connectivity index (χ4n) is 2.48. The molecule has 6 nitrogen and oxygen atoms in total. The molecule has 1 heterocycles. The highest BCUT2D eigenvalue weighted by atomic mass is 32.1. The lowest BCUT2D eigenvalue weighted by molar-refractivity contribution is 0.0225. The summed E-state index contributed by atoms with van der Waals surface area (Å²) >= 11 is 1.49. The van der Waals surface area contributed by atoms with Gasteiger partial charge in [-0.2, -0.15) is 0 Å². The van der Waals surface area contributed by atoms with Crippen molar-refractivity contribution in [2.75, 3.05) is 25.3 Å². The molecular weight excluding hydrogens is 388 g/mol. The lowest BCUT2D eigenvalue weighted by atomic mass is 10.2. The minimum atomic E-state index is -2.68. The lowest BCUT2D eigenvalue weighted by Gasteiger charge is -2.24. The first-order chi connectivity index (χ1) is 15.0. The molecule has 0 aliphatic heterocycles. The van der Waals surface area contributed by atoms with Crippen molar-refractivity contribution < 1.29 is 23.1 Å². The van der Waals surface area contributed by atoms with Crippen molar-refractivity contribution in [3.63, 3.8) is 0 Å². The zero-order chi connectivity index (χ0) is 23.5. The van der Waals surface area contributed by atoms with Gasteiger partial charge in [-0.1, -0.05) is 0 Å². The van der Waals surface area contributed by atoms with Crippen molar-refractivity contribution in [3.05, 3.63) is 42.5 Å². The highest BCUT2D eigenvalue weighted by molar-refractivity contribution is 7.21. The van der Waals surface area contributed by atoms with E-state index in [-0.39, 0.29) is 12.5 Å². The van der Waals surface area contributed by atoms with Crippen LogP contribution in [0.2, 0.25) is 0 Å². The second kappa shape index (κ2) is 8.80. The van der Waals surface area contributed by atoms with Crippen molar-refractivity contribution in [2.24, 2.45) is 0 Å². The van der Waals surface area contributed by atoms with Gasteiger partial charge in [0.05, 0.1) is 10.2 Å². The number of nitrogens with zero attached hydrogens (tertiary/aromatic N) is 2. The molecule has 0 spiro atoms. The number of carbonyl (C=O) groups is 1. The molecule has 0 unspecified atom stereocenters. The summed E-state index contributed by atoms with van der Waals surface area (Å²) in [6.07, 6.45) is -0.926. The first kappa shape index (κ1) is 17.2. The minimum absolute atomic E-state index is 0.187. The van der Waals surface area contributed by atoms with E-state index in [1.165, 1.54) is 11.3 Å². The summed E-state index contributed by atoms with van der Waals surface area (Å²) in [5.41, 5.74) is 1.04. The van der Waals surface area contributed by atoms with E-state index in [2.05, 4.69) is 4.98 Å². The average molecular weight is 418 g/mol. The standard InChI is InChI=1S/C22H26N2O4S/c1-6-26-14-27-17-11-12-18-19(13-17)29-20(23-18)15-7-9-16(10-8-15)24(5)21(25)28-22(2,3)4/h7-13H,6,14H2,1-5H3/i5D3.